The highest BCUT2D eigenvalue weighted by Gasteiger charge is 2.26. The van der Waals surface area contributed by atoms with E-state index in [9.17, 15) is 5.26 Å². The van der Waals surface area contributed by atoms with Gasteiger partial charge in [-0.1, -0.05) is 24.8 Å². The molecule has 2 heterocycles. The molecule has 0 radical (unpaired) electrons. The molecule has 1 saturated carbocycles. The molecule has 2 aromatic carbocycles. The Hall–Kier alpha value is -3.12. The lowest BCUT2D eigenvalue weighted by Crippen LogP contribution is -2.02. The fourth-order valence-corrected chi connectivity index (χ4v) is 4.51. The number of fused-ring (bicyclic) bond motifs is 3. The fourth-order valence-electron chi connectivity index (χ4n) is 4.51. The van der Waals surface area contributed by atoms with Crippen molar-refractivity contribution in [3.63, 3.8) is 0 Å². The van der Waals surface area contributed by atoms with Gasteiger partial charge in [-0.25, -0.2) is 0 Å². The lowest BCUT2D eigenvalue weighted by molar-refractivity contribution is 0.664. The van der Waals surface area contributed by atoms with Gasteiger partial charge in [0.2, 0.25) is 0 Å². The first-order valence-corrected chi connectivity index (χ1v) is 9.94. The van der Waals surface area contributed by atoms with E-state index >= 15 is 0 Å². The highest BCUT2D eigenvalue weighted by atomic mass is 15.0. The molecule has 2 aliphatic rings. The van der Waals surface area contributed by atoms with Crippen LogP contribution in [0.3, 0.4) is 0 Å². The van der Waals surface area contributed by atoms with Gasteiger partial charge in [-0.05, 0) is 67.5 Å². The summed E-state index contributed by atoms with van der Waals surface area (Å²) in [5, 5.41) is 12.4. The molecule has 3 heteroatoms. The molecule has 0 amide bonds. The number of hydrogen-bond donors (Lipinski definition) is 0. The van der Waals surface area contributed by atoms with E-state index in [1.54, 1.807) is 0 Å². The van der Waals surface area contributed by atoms with E-state index in [2.05, 4.69) is 66.4 Å². The van der Waals surface area contributed by atoms with Crippen molar-refractivity contribution in [1.82, 2.24) is 4.57 Å². The minimum atomic E-state index is 0.728. The van der Waals surface area contributed by atoms with Crippen LogP contribution in [0.15, 0.2) is 47.5 Å². The molecule has 1 fully saturated rings. The average Bonchev–Trinajstić information content (AvgIpc) is 3.40. The number of nitrogens with zero attached hydrogens (tertiary/aromatic N) is 3. The molecular formula is C25H23N3. The van der Waals surface area contributed by atoms with Crippen molar-refractivity contribution in [2.45, 2.75) is 33.2 Å². The minimum Gasteiger partial charge on any atom is -0.339 e. The van der Waals surface area contributed by atoms with Crippen LogP contribution in [0.2, 0.25) is 0 Å². The molecule has 0 bridgehead atoms. The first kappa shape index (κ1) is 17.0. The van der Waals surface area contributed by atoms with Gasteiger partial charge in [0.15, 0.2) is 0 Å². The van der Waals surface area contributed by atoms with Crippen molar-refractivity contribution in [3.05, 3.63) is 59.2 Å². The SMILES string of the molecule is C=Cc1ccc2c3cc(C4=C(C)CN=C4C)cc(C#N)c3n(CC3CC3)c2c1. The van der Waals surface area contributed by atoms with Crippen molar-refractivity contribution < 1.29 is 0 Å². The Bertz CT molecular complexity index is 1260. The summed E-state index contributed by atoms with van der Waals surface area (Å²) in [4.78, 5) is 4.59. The zero-order chi connectivity index (χ0) is 19.4. The summed E-state index contributed by atoms with van der Waals surface area (Å²) in [6.07, 6.45) is 4.45. The van der Waals surface area contributed by atoms with Crippen molar-refractivity contribution >= 4 is 39.2 Å². The van der Waals surface area contributed by atoms with E-state index in [0.29, 0.717) is 0 Å². The van der Waals surface area contributed by atoms with Gasteiger partial charge in [0.05, 0.1) is 17.6 Å². The Morgan fingerprint density at radius 1 is 1.21 bits per heavy atom. The van der Waals surface area contributed by atoms with Crippen LogP contribution < -0.4 is 0 Å². The predicted octanol–water partition coefficient (Wildman–Crippen LogP) is 5.97. The van der Waals surface area contributed by atoms with Gasteiger partial charge >= 0.3 is 0 Å². The van der Waals surface area contributed by atoms with Crippen LogP contribution in [-0.2, 0) is 6.54 Å². The van der Waals surface area contributed by atoms with E-state index in [1.807, 2.05) is 6.08 Å². The second kappa shape index (κ2) is 6.21. The van der Waals surface area contributed by atoms with Crippen LogP contribution in [-0.4, -0.2) is 16.8 Å². The molecular weight excluding hydrogens is 342 g/mol. The second-order valence-corrected chi connectivity index (χ2v) is 8.12. The average molecular weight is 365 g/mol. The molecule has 1 aliphatic heterocycles. The molecule has 3 aromatic rings. The molecule has 0 saturated heterocycles. The lowest BCUT2D eigenvalue weighted by Gasteiger charge is -2.10. The summed E-state index contributed by atoms with van der Waals surface area (Å²) in [5.41, 5.74) is 8.79. The fraction of sp³-hybridized carbons (Fsp3) is 0.280. The van der Waals surface area contributed by atoms with Crippen LogP contribution in [0.25, 0.3) is 33.5 Å². The largest absolute Gasteiger partial charge is 0.339 e. The summed E-state index contributed by atoms with van der Waals surface area (Å²) in [6, 6.07) is 13.3. The van der Waals surface area contributed by atoms with Gasteiger partial charge in [0.1, 0.15) is 6.07 Å². The van der Waals surface area contributed by atoms with Crippen LogP contribution in [0.1, 0.15) is 43.4 Å². The van der Waals surface area contributed by atoms with E-state index in [-0.39, 0.29) is 0 Å². The Balaban J connectivity index is 1.87. The first-order valence-electron chi connectivity index (χ1n) is 9.94. The van der Waals surface area contributed by atoms with Crippen LogP contribution in [0, 0.1) is 17.2 Å². The smallest absolute Gasteiger partial charge is 0.101 e. The van der Waals surface area contributed by atoms with Crippen molar-refractivity contribution in [2.75, 3.05) is 6.54 Å². The maximum Gasteiger partial charge on any atom is 0.101 e. The third-order valence-electron chi connectivity index (χ3n) is 6.11. The van der Waals surface area contributed by atoms with Gasteiger partial charge in [0.25, 0.3) is 0 Å². The zero-order valence-corrected chi connectivity index (χ0v) is 16.4. The summed E-state index contributed by atoms with van der Waals surface area (Å²) >= 11 is 0. The van der Waals surface area contributed by atoms with E-state index < -0.39 is 0 Å². The summed E-state index contributed by atoms with van der Waals surface area (Å²) in [5.74, 6) is 0.728. The summed E-state index contributed by atoms with van der Waals surface area (Å²) < 4.78 is 2.37. The second-order valence-electron chi connectivity index (χ2n) is 8.12. The Labute approximate surface area is 165 Å². The molecule has 0 spiro atoms. The van der Waals surface area contributed by atoms with E-state index in [4.69, 9.17) is 0 Å². The number of allylic oxidation sites excluding steroid dienone is 1. The van der Waals surface area contributed by atoms with Gasteiger partial charge in [-0.2, -0.15) is 5.26 Å². The number of hydrogen-bond acceptors (Lipinski definition) is 2. The molecule has 5 rings (SSSR count). The Morgan fingerprint density at radius 3 is 2.68 bits per heavy atom. The molecule has 3 nitrogen and oxygen atoms in total. The van der Waals surface area contributed by atoms with Gasteiger partial charge in [0, 0.05) is 34.1 Å². The highest BCUT2D eigenvalue weighted by molar-refractivity contribution is 6.26. The molecule has 28 heavy (non-hydrogen) atoms. The number of rotatable bonds is 4. The molecule has 138 valence electrons. The molecule has 1 aliphatic carbocycles. The van der Waals surface area contributed by atoms with E-state index in [1.165, 1.54) is 40.3 Å². The Kier molecular flexibility index (Phi) is 3.77. The van der Waals surface area contributed by atoms with Gasteiger partial charge in [-0.15, -0.1) is 0 Å². The molecule has 1 aromatic heterocycles. The molecule has 0 unspecified atom stereocenters. The van der Waals surface area contributed by atoms with E-state index in [0.717, 1.165) is 46.9 Å². The van der Waals surface area contributed by atoms with Crippen LogP contribution in [0.4, 0.5) is 0 Å². The normalized spacial score (nSPS) is 16.7. The maximum absolute atomic E-state index is 10.0. The van der Waals surface area contributed by atoms with Crippen molar-refractivity contribution in [1.29, 1.82) is 5.26 Å². The first-order chi connectivity index (χ1) is 13.6. The number of aromatic nitrogens is 1. The van der Waals surface area contributed by atoms with Crippen LogP contribution in [0.5, 0.6) is 0 Å². The topological polar surface area (TPSA) is 41.1 Å². The number of benzene rings is 2. The quantitative estimate of drug-likeness (QED) is 0.562. The lowest BCUT2D eigenvalue weighted by atomic mass is 9.95. The van der Waals surface area contributed by atoms with Crippen molar-refractivity contribution in [3.8, 4) is 6.07 Å². The zero-order valence-electron chi connectivity index (χ0n) is 16.4. The van der Waals surface area contributed by atoms with Crippen LogP contribution >= 0.6 is 0 Å². The van der Waals surface area contributed by atoms with Crippen molar-refractivity contribution in [2.24, 2.45) is 10.9 Å². The maximum atomic E-state index is 10.0. The molecule has 0 atom stereocenters. The third-order valence-corrected chi connectivity index (χ3v) is 6.11. The summed E-state index contributed by atoms with van der Waals surface area (Å²) in [7, 11) is 0. The number of aliphatic imine (C=N–C) groups is 1. The van der Waals surface area contributed by atoms with Gasteiger partial charge in [-0.3, -0.25) is 4.99 Å². The number of nitriles is 1. The highest BCUT2D eigenvalue weighted by Crippen LogP contribution is 2.39. The molecule has 0 N–H and O–H groups in total. The standard InChI is InChI=1S/C25H23N3/c1-4-17-7-8-21-22-11-19(24-15(2)13-27-16(24)3)10-20(12-26)25(22)28(23(21)9-17)14-18-5-6-18/h4,7-11,18H,1,5-6,13-14H2,2-3H3. The Morgan fingerprint density at radius 2 is 2.04 bits per heavy atom. The third kappa shape index (κ3) is 2.52. The predicted molar refractivity (Wildman–Crippen MR) is 118 cm³/mol. The minimum absolute atomic E-state index is 0.728. The monoisotopic (exact) mass is 365 g/mol. The van der Waals surface area contributed by atoms with Gasteiger partial charge < -0.3 is 4.57 Å². The summed E-state index contributed by atoms with van der Waals surface area (Å²) in [6.45, 7) is 9.87.